The van der Waals surface area contributed by atoms with Crippen molar-refractivity contribution >= 4 is 45.9 Å². The molecule has 186 valence electrons. The Balaban J connectivity index is 1.51. The van der Waals surface area contributed by atoms with E-state index in [-0.39, 0.29) is 16.4 Å². The quantitative estimate of drug-likeness (QED) is 0.167. The van der Waals surface area contributed by atoms with Gasteiger partial charge in [0.1, 0.15) is 28.8 Å². The molecular formula is C21H20ClF3N6O3S. The number of aromatic nitrogens is 2. The molecule has 9 nitrogen and oxygen atoms in total. The van der Waals surface area contributed by atoms with Crippen molar-refractivity contribution in [2.24, 2.45) is 5.73 Å². The number of nitrogens with two attached hydrogens (primary N) is 1. The first-order valence-electron chi connectivity index (χ1n) is 10.2. The first-order chi connectivity index (χ1) is 16.8. The molecule has 0 aliphatic heterocycles. The number of pyridine rings is 1. The number of ether oxygens (including phenoxy) is 1. The second-order valence-electron chi connectivity index (χ2n) is 7.02. The van der Waals surface area contributed by atoms with Gasteiger partial charge in [0.2, 0.25) is 5.88 Å². The van der Waals surface area contributed by atoms with Crippen LogP contribution in [0.15, 0.2) is 30.5 Å². The summed E-state index contributed by atoms with van der Waals surface area (Å²) in [6.45, 7) is 0.221. The van der Waals surface area contributed by atoms with Gasteiger partial charge in [0.15, 0.2) is 11.6 Å². The Labute approximate surface area is 207 Å². The van der Waals surface area contributed by atoms with E-state index in [2.05, 4.69) is 25.3 Å². The van der Waals surface area contributed by atoms with Crippen molar-refractivity contribution in [1.82, 2.24) is 14.7 Å². The third-order valence-electron chi connectivity index (χ3n) is 4.56. The maximum atomic E-state index is 14.0. The van der Waals surface area contributed by atoms with E-state index >= 15 is 0 Å². The summed E-state index contributed by atoms with van der Waals surface area (Å²) in [7, 11) is 0. The lowest BCUT2D eigenvalue weighted by molar-refractivity contribution is 0.0996. The summed E-state index contributed by atoms with van der Waals surface area (Å²) in [5, 5.41) is 7.47. The van der Waals surface area contributed by atoms with E-state index in [4.69, 9.17) is 22.1 Å². The molecule has 0 saturated heterocycles. The van der Waals surface area contributed by atoms with E-state index < -0.39 is 46.6 Å². The van der Waals surface area contributed by atoms with Crippen LogP contribution in [-0.4, -0.2) is 34.4 Å². The monoisotopic (exact) mass is 528 g/mol. The lowest BCUT2D eigenvalue weighted by Crippen LogP contribution is -2.30. The predicted octanol–water partition coefficient (Wildman–Crippen LogP) is 4.30. The number of unbranched alkanes of at least 4 members (excludes halogenated alkanes) is 1. The van der Waals surface area contributed by atoms with Crippen LogP contribution in [0.5, 0.6) is 5.88 Å². The Hall–Kier alpha value is -3.58. The van der Waals surface area contributed by atoms with E-state index in [1.54, 1.807) is 6.20 Å². The smallest absolute Gasteiger partial charge is 0.319 e. The van der Waals surface area contributed by atoms with E-state index in [9.17, 15) is 22.8 Å². The fourth-order valence-corrected chi connectivity index (χ4v) is 3.75. The van der Waals surface area contributed by atoms with Gasteiger partial charge in [-0.05, 0) is 42.6 Å². The number of urea groups is 1. The van der Waals surface area contributed by atoms with E-state index in [0.29, 0.717) is 37.1 Å². The molecule has 35 heavy (non-hydrogen) atoms. The van der Waals surface area contributed by atoms with Crippen LogP contribution in [0.25, 0.3) is 0 Å². The van der Waals surface area contributed by atoms with E-state index in [0.717, 1.165) is 12.2 Å². The Kier molecular flexibility index (Phi) is 9.09. The van der Waals surface area contributed by atoms with Crippen LogP contribution in [0.1, 0.15) is 28.8 Å². The first kappa shape index (κ1) is 26.0. The highest BCUT2D eigenvalue weighted by Crippen LogP contribution is 2.31. The standard InChI is InChI=1S/C21H20ClF3N6O3S/c22-12-9-13(23)11(16(24)17(12)25)10-34-19-15(18(26)32)20(35-31-19)30-21(33)29-8-4-3-7-28-14-5-1-2-6-27-14/h1-2,5-6,9H,3-4,7-8,10H2,(H2,26,32)(H,27,28)(H2,29,30,33). The third-order valence-corrected chi connectivity index (χ3v) is 5.58. The number of nitrogens with zero attached hydrogens (tertiary/aromatic N) is 2. The van der Waals surface area contributed by atoms with Crippen LogP contribution in [0.3, 0.4) is 0 Å². The molecule has 14 heteroatoms. The summed E-state index contributed by atoms with van der Waals surface area (Å²) in [6.07, 6.45) is 3.11. The second kappa shape index (κ2) is 12.2. The zero-order valence-electron chi connectivity index (χ0n) is 18.0. The van der Waals surface area contributed by atoms with Crippen LogP contribution in [0.4, 0.5) is 28.8 Å². The number of benzene rings is 1. The molecule has 3 amide bonds. The highest BCUT2D eigenvalue weighted by molar-refractivity contribution is 7.11. The number of hydrogen-bond acceptors (Lipinski definition) is 7. The highest BCUT2D eigenvalue weighted by Gasteiger charge is 2.24. The molecule has 2 aromatic heterocycles. The minimum atomic E-state index is -1.53. The van der Waals surface area contributed by atoms with Gasteiger partial charge >= 0.3 is 6.03 Å². The molecule has 3 rings (SSSR count). The molecule has 0 aliphatic rings. The van der Waals surface area contributed by atoms with Crippen LogP contribution in [0, 0.1) is 17.5 Å². The molecule has 5 N–H and O–H groups in total. The van der Waals surface area contributed by atoms with Crippen molar-refractivity contribution < 1.29 is 27.5 Å². The molecule has 0 unspecified atom stereocenters. The summed E-state index contributed by atoms with van der Waals surface area (Å²) in [6, 6.07) is 5.51. The van der Waals surface area contributed by atoms with Gasteiger partial charge in [0.05, 0.1) is 10.6 Å². The average Bonchev–Trinajstić information content (AvgIpc) is 3.23. The molecule has 2 heterocycles. The average molecular weight is 529 g/mol. The van der Waals surface area contributed by atoms with Crippen molar-refractivity contribution in [2.45, 2.75) is 19.4 Å². The van der Waals surface area contributed by atoms with Crippen molar-refractivity contribution in [2.75, 3.05) is 23.7 Å². The molecule has 1 aromatic carbocycles. The summed E-state index contributed by atoms with van der Waals surface area (Å²) in [5.41, 5.74) is 4.31. The lowest BCUT2D eigenvalue weighted by atomic mass is 10.2. The maximum absolute atomic E-state index is 14.0. The molecule has 0 atom stereocenters. The van der Waals surface area contributed by atoms with Gasteiger partial charge in [-0.2, -0.15) is 4.37 Å². The molecule has 0 aliphatic carbocycles. The molecule has 0 fully saturated rings. The molecular weight excluding hydrogens is 509 g/mol. The SMILES string of the molecule is NC(=O)c1c(OCc2c(F)cc(Cl)c(F)c2F)nsc1NC(=O)NCCCCNc1ccccn1. The molecule has 0 saturated carbocycles. The molecule has 0 bridgehead atoms. The number of hydrogen-bond donors (Lipinski definition) is 4. The molecule has 3 aromatic rings. The number of nitrogens with one attached hydrogen (secondary N) is 3. The Bertz CT molecular complexity index is 1200. The van der Waals surface area contributed by atoms with Crippen molar-refractivity contribution in [3.63, 3.8) is 0 Å². The Morgan fingerprint density at radius 2 is 1.91 bits per heavy atom. The van der Waals surface area contributed by atoms with Gasteiger partial charge in [-0.15, -0.1) is 0 Å². The normalized spacial score (nSPS) is 10.6. The van der Waals surface area contributed by atoms with Gasteiger partial charge in [-0.3, -0.25) is 10.1 Å². The van der Waals surface area contributed by atoms with Gasteiger partial charge in [0, 0.05) is 19.3 Å². The Morgan fingerprint density at radius 1 is 1.14 bits per heavy atom. The molecule has 0 radical (unpaired) electrons. The summed E-state index contributed by atoms with van der Waals surface area (Å²) >= 11 is 6.07. The maximum Gasteiger partial charge on any atom is 0.319 e. The largest absolute Gasteiger partial charge is 0.471 e. The second-order valence-corrected chi connectivity index (χ2v) is 8.20. The van der Waals surface area contributed by atoms with Crippen LogP contribution in [0.2, 0.25) is 5.02 Å². The molecule has 0 spiro atoms. The van der Waals surface area contributed by atoms with Gasteiger partial charge in [0.25, 0.3) is 5.91 Å². The van der Waals surface area contributed by atoms with Crippen molar-refractivity contribution in [3.8, 4) is 5.88 Å². The zero-order valence-corrected chi connectivity index (χ0v) is 19.6. The number of anilines is 2. The number of halogens is 4. The minimum absolute atomic E-state index is 0.0231. The van der Waals surface area contributed by atoms with Gasteiger partial charge < -0.3 is 21.1 Å². The van der Waals surface area contributed by atoms with Crippen molar-refractivity contribution in [3.05, 3.63) is 64.1 Å². The summed E-state index contributed by atoms with van der Waals surface area (Å²) in [5.74, 6) is -4.71. The third kappa shape index (κ3) is 6.96. The van der Waals surface area contributed by atoms with Crippen LogP contribution >= 0.6 is 23.1 Å². The number of primary amides is 1. The summed E-state index contributed by atoms with van der Waals surface area (Å²) < 4.78 is 50.6. The van der Waals surface area contributed by atoms with E-state index in [1.165, 1.54) is 0 Å². The zero-order chi connectivity index (χ0) is 25.4. The van der Waals surface area contributed by atoms with Crippen molar-refractivity contribution in [1.29, 1.82) is 0 Å². The number of carbonyl (C=O) groups is 2. The fourth-order valence-electron chi connectivity index (χ4n) is 2.84. The van der Waals surface area contributed by atoms with Crippen LogP contribution < -0.4 is 26.4 Å². The number of rotatable bonds is 11. The summed E-state index contributed by atoms with van der Waals surface area (Å²) in [4.78, 5) is 28.2. The van der Waals surface area contributed by atoms with Gasteiger partial charge in [-0.1, -0.05) is 17.7 Å². The van der Waals surface area contributed by atoms with Gasteiger partial charge in [-0.25, -0.2) is 22.9 Å². The van der Waals surface area contributed by atoms with Crippen LogP contribution in [-0.2, 0) is 6.61 Å². The minimum Gasteiger partial charge on any atom is -0.471 e. The number of amides is 3. The first-order valence-corrected chi connectivity index (χ1v) is 11.4. The Morgan fingerprint density at radius 3 is 2.63 bits per heavy atom. The lowest BCUT2D eigenvalue weighted by Gasteiger charge is -2.10. The highest BCUT2D eigenvalue weighted by atomic mass is 35.5. The fraction of sp³-hybridized carbons (Fsp3) is 0.238. The number of carbonyl (C=O) groups excluding carboxylic acids is 2. The van der Waals surface area contributed by atoms with E-state index in [1.807, 2.05) is 18.2 Å². The predicted molar refractivity (Wildman–Crippen MR) is 125 cm³/mol. The topological polar surface area (TPSA) is 131 Å².